The molecule has 0 saturated heterocycles. The van der Waals surface area contributed by atoms with E-state index in [4.69, 9.17) is 9.15 Å². The van der Waals surface area contributed by atoms with Crippen LogP contribution in [0.2, 0.25) is 0 Å². The van der Waals surface area contributed by atoms with Crippen molar-refractivity contribution in [3.8, 4) is 5.75 Å². The largest absolute Gasteiger partial charge is 0.497 e. The fourth-order valence-corrected chi connectivity index (χ4v) is 3.73. The highest BCUT2D eigenvalue weighted by Crippen LogP contribution is 2.28. The van der Waals surface area contributed by atoms with Gasteiger partial charge in [-0.05, 0) is 51.1 Å². The minimum Gasteiger partial charge on any atom is -0.497 e. The Bertz CT molecular complexity index is 815. The summed E-state index contributed by atoms with van der Waals surface area (Å²) in [4.78, 5) is 17.3. The van der Waals surface area contributed by atoms with Gasteiger partial charge in [0.2, 0.25) is 0 Å². The minimum atomic E-state index is -0.211. The van der Waals surface area contributed by atoms with Crippen LogP contribution in [-0.2, 0) is 13.0 Å². The van der Waals surface area contributed by atoms with E-state index in [1.54, 1.807) is 13.2 Å². The van der Waals surface area contributed by atoms with Crippen molar-refractivity contribution in [2.45, 2.75) is 45.7 Å². The van der Waals surface area contributed by atoms with Crippen molar-refractivity contribution in [2.75, 3.05) is 33.8 Å². The molecule has 2 aromatic rings. The summed E-state index contributed by atoms with van der Waals surface area (Å²) in [5, 5.41) is 1.04. The van der Waals surface area contributed by atoms with Crippen LogP contribution in [0, 0.1) is 0 Å². The molecule has 0 saturated carbocycles. The van der Waals surface area contributed by atoms with Gasteiger partial charge in [0.05, 0.1) is 12.7 Å². The van der Waals surface area contributed by atoms with Gasteiger partial charge in [0.15, 0.2) is 0 Å². The van der Waals surface area contributed by atoms with Crippen LogP contribution in [0.3, 0.4) is 0 Å². The summed E-state index contributed by atoms with van der Waals surface area (Å²) in [5.41, 5.74) is 2.37. The summed E-state index contributed by atoms with van der Waals surface area (Å²) in [6.07, 6.45) is 3.32. The maximum absolute atomic E-state index is 12.5. The summed E-state index contributed by atoms with van der Waals surface area (Å²) in [7, 11) is 3.81. The first-order valence-electron chi connectivity index (χ1n) is 9.58. The first-order valence-corrected chi connectivity index (χ1v) is 9.58. The number of nitrogens with zero attached hydrogens (tertiary/aromatic N) is 2. The summed E-state index contributed by atoms with van der Waals surface area (Å²) in [6, 6.07) is 6.21. The number of hydrogen-bond donors (Lipinski definition) is 0. The second kappa shape index (κ2) is 8.23. The second-order valence-electron chi connectivity index (χ2n) is 7.38. The van der Waals surface area contributed by atoms with Gasteiger partial charge in [0.25, 0.3) is 0 Å². The lowest BCUT2D eigenvalue weighted by molar-refractivity contribution is 0.159. The van der Waals surface area contributed by atoms with Crippen LogP contribution in [0.15, 0.2) is 27.4 Å². The monoisotopic (exact) mass is 358 g/mol. The lowest BCUT2D eigenvalue weighted by Crippen LogP contribution is -2.43. The minimum absolute atomic E-state index is 0.211. The van der Waals surface area contributed by atoms with Gasteiger partial charge in [-0.2, -0.15) is 0 Å². The predicted molar refractivity (Wildman–Crippen MR) is 105 cm³/mol. The molecule has 0 aliphatic carbocycles. The third-order valence-electron chi connectivity index (χ3n) is 5.53. The molecule has 1 aliphatic rings. The Morgan fingerprint density at radius 1 is 1.35 bits per heavy atom. The van der Waals surface area contributed by atoms with Crippen LogP contribution < -0.4 is 10.4 Å². The van der Waals surface area contributed by atoms with Crippen LogP contribution in [0.25, 0.3) is 11.0 Å². The van der Waals surface area contributed by atoms with Crippen molar-refractivity contribution < 1.29 is 9.15 Å². The Morgan fingerprint density at radius 2 is 2.15 bits per heavy atom. The van der Waals surface area contributed by atoms with Gasteiger partial charge < -0.3 is 14.1 Å². The van der Waals surface area contributed by atoms with E-state index in [0.717, 1.165) is 42.6 Å². The van der Waals surface area contributed by atoms with E-state index in [2.05, 4.69) is 30.7 Å². The number of ether oxygens (including phenoxy) is 1. The lowest BCUT2D eigenvalue weighted by Gasteiger charge is -2.33. The molecule has 5 nitrogen and oxygen atoms in total. The zero-order valence-corrected chi connectivity index (χ0v) is 16.4. The molecule has 1 atom stereocenters. The van der Waals surface area contributed by atoms with Gasteiger partial charge in [0.1, 0.15) is 11.3 Å². The maximum Gasteiger partial charge on any atom is 0.341 e. The topological polar surface area (TPSA) is 45.9 Å². The van der Waals surface area contributed by atoms with E-state index in [1.807, 2.05) is 12.1 Å². The van der Waals surface area contributed by atoms with Crippen LogP contribution >= 0.6 is 0 Å². The predicted octanol–water partition coefficient (Wildman–Crippen LogP) is 3.28. The third kappa shape index (κ3) is 3.94. The molecule has 0 N–H and O–H groups in total. The van der Waals surface area contributed by atoms with E-state index in [9.17, 15) is 4.79 Å². The van der Waals surface area contributed by atoms with Gasteiger partial charge in [-0.1, -0.05) is 13.3 Å². The Balaban J connectivity index is 1.78. The Hall–Kier alpha value is -1.85. The summed E-state index contributed by atoms with van der Waals surface area (Å²) < 4.78 is 10.8. The molecule has 142 valence electrons. The molecule has 1 aromatic heterocycles. The van der Waals surface area contributed by atoms with E-state index in [-0.39, 0.29) is 5.63 Å². The van der Waals surface area contributed by atoms with Crippen molar-refractivity contribution >= 4 is 11.0 Å². The smallest absolute Gasteiger partial charge is 0.341 e. The highest BCUT2D eigenvalue weighted by Gasteiger charge is 2.24. The number of methoxy groups -OCH3 is 1. The average Bonchev–Trinajstić information content (AvgIpc) is 2.65. The Morgan fingerprint density at radius 3 is 2.88 bits per heavy atom. The molecule has 0 amide bonds. The summed E-state index contributed by atoms with van der Waals surface area (Å²) in [5.74, 6) is 0.710. The van der Waals surface area contributed by atoms with Crippen LogP contribution in [0.5, 0.6) is 5.75 Å². The quantitative estimate of drug-likeness (QED) is 0.711. The second-order valence-corrected chi connectivity index (χ2v) is 7.38. The SMILES string of the molecule is CCCCN(C)C(C)CN1CCc2c(c(=O)oc3cc(OC)ccc23)C1. The molecule has 2 heterocycles. The van der Waals surface area contributed by atoms with Crippen molar-refractivity contribution in [3.05, 3.63) is 39.7 Å². The zero-order chi connectivity index (χ0) is 18.7. The number of unbranched alkanes of at least 4 members (excludes halogenated alkanes) is 1. The molecule has 1 aromatic carbocycles. The van der Waals surface area contributed by atoms with E-state index in [1.165, 1.54) is 12.8 Å². The highest BCUT2D eigenvalue weighted by molar-refractivity contribution is 5.82. The van der Waals surface area contributed by atoms with Gasteiger partial charge in [-0.25, -0.2) is 4.79 Å². The van der Waals surface area contributed by atoms with Gasteiger partial charge >= 0.3 is 5.63 Å². The standard InChI is InChI=1S/C21H30N2O3/c1-5-6-10-22(3)15(2)13-23-11-9-17-18-8-7-16(25-4)12-20(18)26-21(24)19(17)14-23/h7-8,12,15H,5-6,9-11,13-14H2,1-4H3. The first kappa shape index (κ1) is 18.9. The third-order valence-corrected chi connectivity index (χ3v) is 5.53. The average molecular weight is 358 g/mol. The summed E-state index contributed by atoms with van der Waals surface area (Å²) >= 11 is 0. The number of rotatable bonds is 7. The highest BCUT2D eigenvalue weighted by atomic mass is 16.5. The molecule has 5 heteroatoms. The molecule has 3 rings (SSSR count). The van der Waals surface area contributed by atoms with Crippen molar-refractivity contribution in [2.24, 2.45) is 0 Å². The Labute approximate surface area is 155 Å². The molecule has 0 radical (unpaired) electrons. The number of likely N-dealkylation sites (N-methyl/N-ethyl adjacent to an activating group) is 1. The molecular formula is C21H30N2O3. The van der Waals surface area contributed by atoms with E-state index in [0.29, 0.717) is 23.9 Å². The molecule has 1 unspecified atom stereocenters. The number of hydrogen-bond acceptors (Lipinski definition) is 5. The van der Waals surface area contributed by atoms with Crippen molar-refractivity contribution in [3.63, 3.8) is 0 Å². The maximum atomic E-state index is 12.5. The van der Waals surface area contributed by atoms with E-state index >= 15 is 0 Å². The first-order chi connectivity index (χ1) is 12.5. The van der Waals surface area contributed by atoms with Crippen molar-refractivity contribution in [1.82, 2.24) is 9.80 Å². The van der Waals surface area contributed by atoms with E-state index < -0.39 is 0 Å². The van der Waals surface area contributed by atoms with Crippen LogP contribution in [0.4, 0.5) is 0 Å². The number of benzene rings is 1. The molecule has 1 aliphatic heterocycles. The zero-order valence-electron chi connectivity index (χ0n) is 16.4. The fraction of sp³-hybridized carbons (Fsp3) is 0.571. The fourth-order valence-electron chi connectivity index (χ4n) is 3.73. The summed E-state index contributed by atoms with van der Waals surface area (Å²) in [6.45, 7) is 8.23. The normalized spacial score (nSPS) is 16.0. The van der Waals surface area contributed by atoms with Gasteiger partial charge in [0, 0.05) is 37.1 Å². The Kier molecular flexibility index (Phi) is 5.99. The molecule has 0 fully saturated rings. The van der Waals surface area contributed by atoms with Gasteiger partial charge in [-0.3, -0.25) is 4.90 Å². The molecule has 26 heavy (non-hydrogen) atoms. The van der Waals surface area contributed by atoms with Crippen molar-refractivity contribution in [1.29, 1.82) is 0 Å². The van der Waals surface area contributed by atoms with Crippen LogP contribution in [0.1, 0.15) is 37.8 Å². The van der Waals surface area contributed by atoms with Crippen LogP contribution in [-0.4, -0.2) is 49.6 Å². The molecular weight excluding hydrogens is 328 g/mol. The number of fused-ring (bicyclic) bond motifs is 3. The van der Waals surface area contributed by atoms with Gasteiger partial charge in [-0.15, -0.1) is 0 Å². The lowest BCUT2D eigenvalue weighted by atomic mass is 9.97. The molecule has 0 spiro atoms. The molecule has 0 bridgehead atoms.